The summed E-state index contributed by atoms with van der Waals surface area (Å²) in [6.45, 7) is 1.52. The predicted molar refractivity (Wildman–Crippen MR) is 112 cm³/mol. The average molecular weight is 391 g/mol. The van der Waals surface area contributed by atoms with Crippen LogP contribution in [-0.2, 0) is 0 Å². The average Bonchev–Trinajstić information content (AvgIpc) is 3.58. The van der Waals surface area contributed by atoms with Crippen molar-refractivity contribution >= 4 is 23.4 Å². The zero-order chi connectivity index (χ0) is 20.2. The lowest BCUT2D eigenvalue weighted by atomic mass is 10.1. The first-order chi connectivity index (χ1) is 14.1. The third-order valence-corrected chi connectivity index (χ3v) is 5.30. The Balaban J connectivity index is 1.42. The molecule has 1 saturated heterocycles. The summed E-state index contributed by atoms with van der Waals surface area (Å²) in [7, 11) is 1.77. The summed E-state index contributed by atoms with van der Waals surface area (Å²) in [5.74, 6) is 1.30. The molecule has 1 aromatic carbocycles. The summed E-state index contributed by atoms with van der Waals surface area (Å²) in [5, 5.41) is 15.7. The molecule has 0 bridgehead atoms. The largest absolute Gasteiger partial charge is 0.365 e. The Morgan fingerprint density at radius 1 is 1.24 bits per heavy atom. The number of rotatable bonds is 5. The SMILES string of the molecule is CN(C(=O)N[C@@H]1CCCN(c2cnc(C#N)c(NC3CC3)n2)C1)c1ccccc1. The molecule has 1 saturated carbocycles. The fourth-order valence-corrected chi connectivity index (χ4v) is 3.48. The summed E-state index contributed by atoms with van der Waals surface area (Å²) in [4.78, 5) is 25.3. The van der Waals surface area contributed by atoms with Gasteiger partial charge >= 0.3 is 6.03 Å². The molecular formula is C21H25N7O. The van der Waals surface area contributed by atoms with Crippen molar-refractivity contribution < 1.29 is 4.79 Å². The lowest BCUT2D eigenvalue weighted by Crippen LogP contribution is -2.51. The summed E-state index contributed by atoms with van der Waals surface area (Å²) in [6.07, 6.45) is 5.72. The number of urea groups is 1. The van der Waals surface area contributed by atoms with E-state index in [9.17, 15) is 10.1 Å². The molecule has 1 aliphatic carbocycles. The summed E-state index contributed by atoms with van der Waals surface area (Å²) >= 11 is 0. The van der Waals surface area contributed by atoms with Crippen LogP contribution >= 0.6 is 0 Å². The molecule has 0 radical (unpaired) electrons. The van der Waals surface area contributed by atoms with Gasteiger partial charge in [0.2, 0.25) is 0 Å². The number of nitrogens with zero attached hydrogens (tertiary/aromatic N) is 5. The molecule has 2 heterocycles. The Bertz CT molecular complexity index is 907. The fraction of sp³-hybridized carbons (Fsp3) is 0.429. The molecule has 1 atom stereocenters. The van der Waals surface area contributed by atoms with E-state index in [0.29, 0.717) is 24.1 Å². The number of nitriles is 1. The highest BCUT2D eigenvalue weighted by atomic mass is 16.2. The van der Waals surface area contributed by atoms with Crippen molar-refractivity contribution in [1.29, 1.82) is 5.26 Å². The highest BCUT2D eigenvalue weighted by Crippen LogP contribution is 2.27. The number of carbonyl (C=O) groups is 1. The molecule has 0 spiro atoms. The summed E-state index contributed by atoms with van der Waals surface area (Å²) in [5.41, 5.74) is 1.18. The first kappa shape index (κ1) is 19.0. The van der Waals surface area contributed by atoms with Crippen molar-refractivity contribution in [2.45, 2.75) is 37.8 Å². The van der Waals surface area contributed by atoms with E-state index in [0.717, 1.165) is 43.7 Å². The van der Waals surface area contributed by atoms with E-state index in [2.05, 4.69) is 31.6 Å². The maximum absolute atomic E-state index is 12.6. The first-order valence-corrected chi connectivity index (χ1v) is 10.0. The molecule has 150 valence electrons. The molecule has 1 aliphatic heterocycles. The van der Waals surface area contributed by atoms with Crippen LogP contribution in [0.2, 0.25) is 0 Å². The third-order valence-electron chi connectivity index (χ3n) is 5.30. The fourth-order valence-electron chi connectivity index (χ4n) is 3.48. The Kier molecular flexibility index (Phi) is 5.47. The van der Waals surface area contributed by atoms with Gasteiger partial charge in [-0.05, 0) is 37.8 Å². The molecule has 8 nitrogen and oxygen atoms in total. The van der Waals surface area contributed by atoms with E-state index in [1.807, 2.05) is 30.3 Å². The van der Waals surface area contributed by atoms with E-state index in [1.165, 1.54) is 0 Å². The minimum absolute atomic E-state index is 0.0275. The quantitative estimate of drug-likeness (QED) is 0.813. The number of nitrogens with one attached hydrogen (secondary N) is 2. The lowest BCUT2D eigenvalue weighted by Gasteiger charge is -2.34. The van der Waals surface area contributed by atoms with Crippen LogP contribution in [-0.4, -0.2) is 48.2 Å². The van der Waals surface area contributed by atoms with Crippen LogP contribution in [0.25, 0.3) is 0 Å². The topological polar surface area (TPSA) is 97.2 Å². The van der Waals surface area contributed by atoms with Gasteiger partial charge in [-0.3, -0.25) is 4.90 Å². The number of anilines is 3. The van der Waals surface area contributed by atoms with Crippen LogP contribution in [0.15, 0.2) is 36.5 Å². The smallest absolute Gasteiger partial charge is 0.321 e. The number of piperidine rings is 1. The van der Waals surface area contributed by atoms with Crippen LogP contribution < -0.4 is 20.4 Å². The Labute approximate surface area is 170 Å². The predicted octanol–water partition coefficient (Wildman–Crippen LogP) is 2.74. The molecule has 8 heteroatoms. The summed E-state index contributed by atoms with van der Waals surface area (Å²) < 4.78 is 0. The molecule has 2 fully saturated rings. The van der Waals surface area contributed by atoms with Gasteiger partial charge in [0.1, 0.15) is 11.9 Å². The first-order valence-electron chi connectivity index (χ1n) is 10.0. The maximum Gasteiger partial charge on any atom is 0.321 e. The molecular weight excluding hydrogens is 366 g/mol. The lowest BCUT2D eigenvalue weighted by molar-refractivity contribution is 0.242. The standard InChI is InChI=1S/C21H25N7O/c1-27(17-7-3-2-4-8-17)21(29)25-16-6-5-11-28(14-16)19-13-23-18(12-22)20(26-19)24-15-9-10-15/h2-4,7-8,13,15-16H,5-6,9-11,14H2,1H3,(H,24,26)(H,25,29)/t16-/m1/s1. The van der Waals surface area contributed by atoms with Gasteiger partial charge in [0.25, 0.3) is 0 Å². The van der Waals surface area contributed by atoms with Gasteiger partial charge in [-0.2, -0.15) is 5.26 Å². The van der Waals surface area contributed by atoms with Crippen molar-refractivity contribution in [1.82, 2.24) is 15.3 Å². The van der Waals surface area contributed by atoms with Crippen molar-refractivity contribution in [3.8, 4) is 6.07 Å². The number of carbonyl (C=O) groups excluding carboxylic acids is 1. The van der Waals surface area contributed by atoms with Crippen molar-refractivity contribution in [3.05, 3.63) is 42.2 Å². The van der Waals surface area contributed by atoms with E-state index < -0.39 is 0 Å². The second kappa shape index (κ2) is 8.35. The highest BCUT2D eigenvalue weighted by Gasteiger charge is 2.26. The van der Waals surface area contributed by atoms with Gasteiger partial charge in [-0.15, -0.1) is 0 Å². The van der Waals surface area contributed by atoms with Crippen LogP contribution in [0, 0.1) is 11.3 Å². The van der Waals surface area contributed by atoms with Crippen LogP contribution in [0.5, 0.6) is 0 Å². The van der Waals surface area contributed by atoms with Gasteiger partial charge in [0.05, 0.1) is 6.20 Å². The van der Waals surface area contributed by atoms with Gasteiger partial charge in [-0.1, -0.05) is 18.2 Å². The molecule has 1 aromatic heterocycles. The number of para-hydroxylation sites is 1. The van der Waals surface area contributed by atoms with Gasteiger partial charge in [0.15, 0.2) is 11.5 Å². The Hall–Kier alpha value is -3.34. The zero-order valence-electron chi connectivity index (χ0n) is 16.5. The number of benzene rings is 1. The number of amides is 2. The normalized spacial score (nSPS) is 18.6. The molecule has 2 aromatic rings. The number of aromatic nitrogens is 2. The van der Waals surface area contributed by atoms with Crippen LogP contribution in [0.1, 0.15) is 31.4 Å². The molecule has 0 unspecified atom stereocenters. The Morgan fingerprint density at radius 3 is 2.76 bits per heavy atom. The number of hydrogen-bond donors (Lipinski definition) is 2. The van der Waals surface area contributed by atoms with E-state index >= 15 is 0 Å². The van der Waals surface area contributed by atoms with Gasteiger partial charge in [-0.25, -0.2) is 14.8 Å². The van der Waals surface area contributed by atoms with E-state index in [4.69, 9.17) is 0 Å². The minimum atomic E-state index is -0.120. The molecule has 2 N–H and O–H groups in total. The summed E-state index contributed by atoms with van der Waals surface area (Å²) in [6, 6.07) is 12.0. The zero-order valence-corrected chi connectivity index (χ0v) is 16.5. The van der Waals surface area contributed by atoms with Gasteiger partial charge in [0, 0.05) is 37.9 Å². The van der Waals surface area contributed by atoms with E-state index in [-0.39, 0.29) is 12.1 Å². The molecule has 2 amide bonds. The Morgan fingerprint density at radius 2 is 2.03 bits per heavy atom. The van der Waals surface area contributed by atoms with Crippen molar-refractivity contribution in [2.24, 2.45) is 0 Å². The monoisotopic (exact) mass is 391 g/mol. The maximum atomic E-state index is 12.6. The van der Waals surface area contributed by atoms with Gasteiger partial charge < -0.3 is 15.5 Å². The second-order valence-electron chi connectivity index (χ2n) is 7.59. The molecule has 4 rings (SSSR count). The third kappa shape index (κ3) is 4.57. The van der Waals surface area contributed by atoms with Crippen LogP contribution in [0.3, 0.4) is 0 Å². The molecule has 2 aliphatic rings. The van der Waals surface area contributed by atoms with Crippen molar-refractivity contribution in [3.63, 3.8) is 0 Å². The highest BCUT2D eigenvalue weighted by molar-refractivity contribution is 5.91. The van der Waals surface area contributed by atoms with Crippen LogP contribution in [0.4, 0.5) is 22.1 Å². The number of hydrogen-bond acceptors (Lipinski definition) is 6. The van der Waals surface area contributed by atoms with E-state index in [1.54, 1.807) is 18.1 Å². The second-order valence-corrected chi connectivity index (χ2v) is 7.59. The minimum Gasteiger partial charge on any atom is -0.365 e. The van der Waals surface area contributed by atoms with Crippen molar-refractivity contribution in [2.75, 3.05) is 35.3 Å². The molecule has 29 heavy (non-hydrogen) atoms.